The van der Waals surface area contributed by atoms with Crippen LogP contribution in [-0.2, 0) is 6.42 Å². The number of carboxylic acid groups (broad SMARTS) is 1. The fourth-order valence-corrected chi connectivity index (χ4v) is 3.10. The molecule has 23 heavy (non-hydrogen) atoms. The van der Waals surface area contributed by atoms with Gasteiger partial charge in [-0.05, 0) is 34.9 Å². The van der Waals surface area contributed by atoms with Gasteiger partial charge in [-0.2, -0.15) is 0 Å². The SMILES string of the molecule is COc1ccc2cccc(CCN3CCN(C(=O)O)CC3)c2c1. The lowest BCUT2D eigenvalue weighted by molar-refractivity contribution is 0.106. The van der Waals surface area contributed by atoms with Gasteiger partial charge in [-0.3, -0.25) is 4.90 Å². The molecule has 1 heterocycles. The fraction of sp³-hybridized carbons (Fsp3) is 0.389. The lowest BCUT2D eigenvalue weighted by Crippen LogP contribution is -2.48. The van der Waals surface area contributed by atoms with E-state index in [-0.39, 0.29) is 0 Å². The number of hydrogen-bond donors (Lipinski definition) is 1. The topological polar surface area (TPSA) is 53.0 Å². The summed E-state index contributed by atoms with van der Waals surface area (Å²) in [5, 5.41) is 11.4. The highest BCUT2D eigenvalue weighted by molar-refractivity contribution is 5.87. The van der Waals surface area contributed by atoms with Gasteiger partial charge in [-0.15, -0.1) is 0 Å². The normalized spacial score (nSPS) is 15.8. The zero-order chi connectivity index (χ0) is 16.2. The van der Waals surface area contributed by atoms with Gasteiger partial charge in [0.1, 0.15) is 5.75 Å². The molecule has 1 fully saturated rings. The van der Waals surface area contributed by atoms with Crippen molar-refractivity contribution in [3.8, 4) is 5.75 Å². The quantitative estimate of drug-likeness (QED) is 0.943. The molecule has 1 amide bonds. The van der Waals surface area contributed by atoms with Crippen LogP contribution < -0.4 is 4.74 Å². The average molecular weight is 314 g/mol. The highest BCUT2D eigenvalue weighted by Crippen LogP contribution is 2.24. The lowest BCUT2D eigenvalue weighted by atomic mass is 10.0. The Morgan fingerprint density at radius 1 is 1.17 bits per heavy atom. The first kappa shape index (κ1) is 15.6. The smallest absolute Gasteiger partial charge is 0.407 e. The molecule has 5 heteroatoms. The summed E-state index contributed by atoms with van der Waals surface area (Å²) in [6.45, 7) is 3.75. The van der Waals surface area contributed by atoms with Crippen molar-refractivity contribution in [2.45, 2.75) is 6.42 Å². The van der Waals surface area contributed by atoms with Gasteiger partial charge in [0, 0.05) is 32.7 Å². The summed E-state index contributed by atoms with van der Waals surface area (Å²) >= 11 is 0. The number of fused-ring (bicyclic) bond motifs is 1. The third kappa shape index (κ3) is 3.56. The minimum absolute atomic E-state index is 0.596. The van der Waals surface area contributed by atoms with Gasteiger partial charge in [-0.25, -0.2) is 4.79 Å². The van der Waals surface area contributed by atoms with E-state index in [1.165, 1.54) is 21.2 Å². The molecule has 5 nitrogen and oxygen atoms in total. The predicted octanol–water partition coefficient (Wildman–Crippen LogP) is 2.69. The molecule has 1 aliphatic rings. The summed E-state index contributed by atoms with van der Waals surface area (Å²) in [7, 11) is 1.69. The van der Waals surface area contributed by atoms with Gasteiger partial charge in [0.2, 0.25) is 0 Å². The summed E-state index contributed by atoms with van der Waals surface area (Å²) in [6, 6.07) is 12.5. The summed E-state index contributed by atoms with van der Waals surface area (Å²) < 4.78 is 5.33. The lowest BCUT2D eigenvalue weighted by Gasteiger charge is -2.33. The first-order chi connectivity index (χ1) is 11.2. The summed E-state index contributed by atoms with van der Waals surface area (Å²) in [5.74, 6) is 0.875. The minimum atomic E-state index is -0.814. The van der Waals surface area contributed by atoms with E-state index in [9.17, 15) is 4.79 Å². The Balaban J connectivity index is 1.67. The number of benzene rings is 2. The maximum Gasteiger partial charge on any atom is 0.407 e. The van der Waals surface area contributed by atoms with Crippen LogP contribution in [0.5, 0.6) is 5.75 Å². The highest BCUT2D eigenvalue weighted by atomic mass is 16.5. The van der Waals surface area contributed by atoms with E-state index in [4.69, 9.17) is 9.84 Å². The number of methoxy groups -OCH3 is 1. The monoisotopic (exact) mass is 314 g/mol. The van der Waals surface area contributed by atoms with Crippen molar-refractivity contribution in [1.82, 2.24) is 9.80 Å². The summed E-state index contributed by atoms with van der Waals surface area (Å²) in [5.41, 5.74) is 1.31. The van der Waals surface area contributed by atoms with Crippen molar-refractivity contribution in [1.29, 1.82) is 0 Å². The number of ether oxygens (including phenoxy) is 1. The molecule has 0 saturated carbocycles. The molecule has 0 unspecified atom stereocenters. The zero-order valence-corrected chi connectivity index (χ0v) is 13.4. The largest absolute Gasteiger partial charge is 0.497 e. The molecule has 2 aromatic carbocycles. The Morgan fingerprint density at radius 2 is 1.96 bits per heavy atom. The van der Waals surface area contributed by atoms with E-state index >= 15 is 0 Å². The van der Waals surface area contributed by atoms with Crippen LogP contribution in [-0.4, -0.2) is 60.8 Å². The second kappa shape index (κ2) is 6.87. The third-order valence-electron chi connectivity index (χ3n) is 4.52. The van der Waals surface area contributed by atoms with Crippen molar-refractivity contribution in [3.63, 3.8) is 0 Å². The van der Waals surface area contributed by atoms with Gasteiger partial charge in [0.15, 0.2) is 0 Å². The highest BCUT2D eigenvalue weighted by Gasteiger charge is 2.20. The third-order valence-corrected chi connectivity index (χ3v) is 4.52. The van der Waals surface area contributed by atoms with Gasteiger partial charge in [0.05, 0.1) is 7.11 Å². The van der Waals surface area contributed by atoms with Crippen molar-refractivity contribution in [3.05, 3.63) is 42.0 Å². The van der Waals surface area contributed by atoms with E-state index in [0.717, 1.165) is 31.8 Å². The van der Waals surface area contributed by atoms with Crippen molar-refractivity contribution >= 4 is 16.9 Å². The van der Waals surface area contributed by atoms with Gasteiger partial charge < -0.3 is 14.7 Å². The molecule has 0 atom stereocenters. The number of nitrogens with zero attached hydrogens (tertiary/aromatic N) is 2. The van der Waals surface area contributed by atoms with Gasteiger partial charge >= 0.3 is 6.09 Å². The Hall–Kier alpha value is -2.27. The van der Waals surface area contributed by atoms with Crippen molar-refractivity contribution in [2.75, 3.05) is 39.8 Å². The number of piperazine rings is 1. The Kier molecular flexibility index (Phi) is 4.67. The zero-order valence-electron chi connectivity index (χ0n) is 13.4. The van der Waals surface area contributed by atoms with E-state index in [2.05, 4.69) is 35.2 Å². The van der Waals surface area contributed by atoms with Crippen LogP contribution in [0.25, 0.3) is 10.8 Å². The molecular formula is C18H22N2O3. The second-order valence-corrected chi connectivity index (χ2v) is 5.87. The Morgan fingerprint density at radius 3 is 2.65 bits per heavy atom. The second-order valence-electron chi connectivity index (χ2n) is 5.87. The Labute approximate surface area is 136 Å². The minimum Gasteiger partial charge on any atom is -0.497 e. The van der Waals surface area contributed by atoms with Crippen LogP contribution in [0, 0.1) is 0 Å². The first-order valence-electron chi connectivity index (χ1n) is 7.93. The van der Waals surface area contributed by atoms with Crippen molar-refractivity contribution < 1.29 is 14.6 Å². The molecule has 2 aromatic rings. The van der Waals surface area contributed by atoms with E-state index in [0.29, 0.717) is 13.1 Å². The van der Waals surface area contributed by atoms with E-state index in [1.807, 2.05) is 6.07 Å². The van der Waals surface area contributed by atoms with Gasteiger partial charge in [0.25, 0.3) is 0 Å². The summed E-state index contributed by atoms with van der Waals surface area (Å²) in [6.07, 6.45) is 0.142. The summed E-state index contributed by atoms with van der Waals surface area (Å²) in [4.78, 5) is 14.8. The first-order valence-corrected chi connectivity index (χ1v) is 7.93. The van der Waals surface area contributed by atoms with E-state index in [1.54, 1.807) is 7.11 Å². The molecule has 0 radical (unpaired) electrons. The molecule has 0 aliphatic carbocycles. The number of hydrogen-bond acceptors (Lipinski definition) is 3. The molecule has 1 N–H and O–H groups in total. The molecule has 1 saturated heterocycles. The molecule has 0 aromatic heterocycles. The maximum absolute atomic E-state index is 10.9. The Bertz CT molecular complexity index is 694. The van der Waals surface area contributed by atoms with Crippen LogP contribution in [0.3, 0.4) is 0 Å². The van der Waals surface area contributed by atoms with Crippen molar-refractivity contribution in [2.24, 2.45) is 0 Å². The van der Waals surface area contributed by atoms with E-state index < -0.39 is 6.09 Å². The van der Waals surface area contributed by atoms with Crippen LogP contribution >= 0.6 is 0 Å². The standard InChI is InChI=1S/C18H22N2O3/c1-23-16-6-5-14-3-2-4-15(17(14)13-16)7-8-19-9-11-20(12-10-19)18(21)22/h2-6,13H,7-12H2,1H3,(H,21,22). The van der Waals surface area contributed by atoms with Crippen LogP contribution in [0.1, 0.15) is 5.56 Å². The van der Waals surface area contributed by atoms with Crippen LogP contribution in [0.2, 0.25) is 0 Å². The molecule has 0 spiro atoms. The molecule has 1 aliphatic heterocycles. The molecular weight excluding hydrogens is 292 g/mol. The average Bonchev–Trinajstić information content (AvgIpc) is 2.59. The molecule has 3 rings (SSSR count). The fourth-order valence-electron chi connectivity index (χ4n) is 3.10. The molecule has 0 bridgehead atoms. The maximum atomic E-state index is 10.9. The molecule has 122 valence electrons. The van der Waals surface area contributed by atoms with Gasteiger partial charge in [-0.1, -0.05) is 24.3 Å². The number of amides is 1. The number of carbonyl (C=O) groups is 1. The predicted molar refractivity (Wildman–Crippen MR) is 90.2 cm³/mol. The van der Waals surface area contributed by atoms with Crippen LogP contribution in [0.15, 0.2) is 36.4 Å². The van der Waals surface area contributed by atoms with Crippen LogP contribution in [0.4, 0.5) is 4.79 Å². The number of rotatable bonds is 4.